The molecule has 1 unspecified atom stereocenters. The van der Waals surface area contributed by atoms with Gasteiger partial charge in [-0.25, -0.2) is 0 Å². The van der Waals surface area contributed by atoms with Crippen molar-refractivity contribution in [2.24, 2.45) is 5.73 Å². The Kier molecular flexibility index (Phi) is 3.89. The summed E-state index contributed by atoms with van der Waals surface area (Å²) >= 11 is 0. The zero-order valence-corrected chi connectivity index (χ0v) is 10.5. The lowest BCUT2D eigenvalue weighted by Gasteiger charge is -2.06. The van der Waals surface area contributed by atoms with Crippen molar-refractivity contribution in [3.05, 3.63) is 65.7 Å². The van der Waals surface area contributed by atoms with Crippen molar-refractivity contribution in [2.45, 2.75) is 10.6 Å². The monoisotopic (exact) mass is 259 g/mol. The van der Waals surface area contributed by atoms with Crippen LogP contribution in [0.25, 0.3) is 0 Å². The molecule has 0 aliphatic carbocycles. The van der Waals surface area contributed by atoms with Gasteiger partial charge in [-0.1, -0.05) is 42.5 Å². The number of carbonyl (C=O) groups excluding carboxylic acids is 1. The van der Waals surface area contributed by atoms with Crippen molar-refractivity contribution < 1.29 is 9.00 Å². The molecule has 0 fully saturated rings. The van der Waals surface area contributed by atoms with Crippen molar-refractivity contribution in [2.75, 3.05) is 0 Å². The van der Waals surface area contributed by atoms with Crippen molar-refractivity contribution in [1.29, 1.82) is 0 Å². The highest BCUT2D eigenvalue weighted by Crippen LogP contribution is 2.16. The van der Waals surface area contributed by atoms with Crippen LogP contribution in [0, 0.1) is 0 Å². The minimum absolute atomic E-state index is 0.326. The molecule has 1 atom stereocenters. The molecule has 2 rings (SSSR count). The molecule has 2 N–H and O–H groups in total. The number of primary amides is 1. The van der Waals surface area contributed by atoms with E-state index < -0.39 is 16.7 Å². The van der Waals surface area contributed by atoms with Crippen molar-refractivity contribution >= 4 is 16.7 Å². The molecular weight excluding hydrogens is 246 g/mol. The molecule has 0 spiro atoms. The van der Waals surface area contributed by atoms with E-state index in [9.17, 15) is 9.00 Å². The van der Waals surface area contributed by atoms with Crippen molar-refractivity contribution in [3.8, 4) is 0 Å². The van der Waals surface area contributed by atoms with Gasteiger partial charge in [0.15, 0.2) is 0 Å². The number of benzene rings is 2. The first-order valence-corrected chi connectivity index (χ1v) is 6.81. The number of amides is 1. The quantitative estimate of drug-likeness (QED) is 0.914. The van der Waals surface area contributed by atoms with E-state index in [-0.39, 0.29) is 0 Å². The van der Waals surface area contributed by atoms with Gasteiger partial charge < -0.3 is 5.73 Å². The zero-order chi connectivity index (χ0) is 13.0. The first-order chi connectivity index (χ1) is 8.68. The first kappa shape index (κ1) is 12.5. The van der Waals surface area contributed by atoms with E-state index in [0.717, 1.165) is 5.56 Å². The Hall–Kier alpha value is -1.94. The molecule has 2 aromatic carbocycles. The Morgan fingerprint density at radius 1 is 1.00 bits per heavy atom. The van der Waals surface area contributed by atoms with E-state index in [2.05, 4.69) is 0 Å². The number of hydrogen-bond acceptors (Lipinski definition) is 2. The SMILES string of the molecule is NC(=O)c1ccccc1S(=O)Cc1ccccc1. The van der Waals surface area contributed by atoms with Crippen LogP contribution in [0.2, 0.25) is 0 Å². The van der Waals surface area contributed by atoms with Crippen LogP contribution in [0.3, 0.4) is 0 Å². The minimum Gasteiger partial charge on any atom is -0.366 e. The average Bonchev–Trinajstić information content (AvgIpc) is 2.40. The highest BCUT2D eigenvalue weighted by atomic mass is 32.2. The molecule has 4 heteroatoms. The molecule has 0 aromatic heterocycles. The molecule has 1 amide bonds. The Morgan fingerprint density at radius 3 is 2.28 bits per heavy atom. The van der Waals surface area contributed by atoms with Gasteiger partial charge >= 0.3 is 0 Å². The van der Waals surface area contributed by atoms with Gasteiger partial charge in [-0.2, -0.15) is 0 Å². The molecule has 0 saturated heterocycles. The molecular formula is C14H13NO2S. The predicted molar refractivity (Wildman–Crippen MR) is 71.5 cm³/mol. The van der Waals surface area contributed by atoms with Crippen molar-refractivity contribution in [3.63, 3.8) is 0 Å². The molecule has 18 heavy (non-hydrogen) atoms. The highest BCUT2D eigenvalue weighted by molar-refractivity contribution is 7.84. The number of carbonyl (C=O) groups is 1. The molecule has 0 aliphatic heterocycles. The van der Waals surface area contributed by atoms with Crippen LogP contribution in [0.1, 0.15) is 15.9 Å². The third-order valence-corrected chi connectivity index (χ3v) is 3.98. The summed E-state index contributed by atoms with van der Waals surface area (Å²) in [6, 6.07) is 16.3. The van der Waals surface area contributed by atoms with E-state index >= 15 is 0 Å². The summed E-state index contributed by atoms with van der Waals surface area (Å²) in [7, 11) is -1.27. The van der Waals surface area contributed by atoms with E-state index in [4.69, 9.17) is 5.73 Å². The molecule has 2 aromatic rings. The van der Waals surface area contributed by atoms with Gasteiger partial charge in [-0.15, -0.1) is 0 Å². The third-order valence-electron chi connectivity index (χ3n) is 2.54. The van der Waals surface area contributed by atoms with Gasteiger partial charge in [0.1, 0.15) is 0 Å². The zero-order valence-electron chi connectivity index (χ0n) is 9.71. The van der Waals surface area contributed by atoms with E-state index in [1.165, 1.54) is 0 Å². The van der Waals surface area contributed by atoms with Crippen LogP contribution < -0.4 is 5.73 Å². The standard InChI is InChI=1S/C14H13NO2S/c15-14(16)12-8-4-5-9-13(12)18(17)10-11-6-2-1-3-7-11/h1-9H,10H2,(H2,15,16). The fraction of sp³-hybridized carbons (Fsp3) is 0.0714. The Labute approximate surface area is 108 Å². The van der Waals surface area contributed by atoms with Crippen LogP contribution >= 0.6 is 0 Å². The van der Waals surface area contributed by atoms with Crippen LogP contribution in [0.15, 0.2) is 59.5 Å². The summed E-state index contributed by atoms with van der Waals surface area (Å²) < 4.78 is 12.2. The van der Waals surface area contributed by atoms with Gasteiger partial charge in [0.05, 0.1) is 27.0 Å². The van der Waals surface area contributed by atoms with Gasteiger partial charge in [-0.05, 0) is 17.7 Å². The molecule has 92 valence electrons. The largest absolute Gasteiger partial charge is 0.366 e. The lowest BCUT2D eigenvalue weighted by Crippen LogP contribution is -2.14. The summed E-state index contributed by atoms with van der Waals surface area (Å²) in [6.45, 7) is 0. The fourth-order valence-corrected chi connectivity index (χ4v) is 2.97. The maximum Gasteiger partial charge on any atom is 0.249 e. The molecule has 0 heterocycles. The van der Waals surface area contributed by atoms with Crippen LogP contribution in [-0.2, 0) is 16.6 Å². The van der Waals surface area contributed by atoms with Gasteiger partial charge in [0.2, 0.25) is 5.91 Å². The summed E-state index contributed by atoms with van der Waals surface area (Å²) in [5.74, 6) is -0.169. The van der Waals surface area contributed by atoms with Crippen molar-refractivity contribution in [1.82, 2.24) is 0 Å². The summed E-state index contributed by atoms with van der Waals surface area (Å²) in [4.78, 5) is 11.8. The van der Waals surface area contributed by atoms with Gasteiger partial charge in [0, 0.05) is 0 Å². The number of nitrogens with two attached hydrogens (primary N) is 1. The molecule has 3 nitrogen and oxygen atoms in total. The molecule has 0 bridgehead atoms. The maximum atomic E-state index is 12.2. The lowest BCUT2D eigenvalue weighted by atomic mass is 10.2. The second kappa shape index (κ2) is 5.60. The second-order valence-corrected chi connectivity index (χ2v) is 5.26. The predicted octanol–water partition coefficient (Wildman–Crippen LogP) is 2.09. The van der Waals surface area contributed by atoms with Crippen LogP contribution in [0.5, 0.6) is 0 Å². The average molecular weight is 259 g/mol. The van der Waals surface area contributed by atoms with E-state index in [1.807, 2.05) is 30.3 Å². The van der Waals surface area contributed by atoms with Crippen LogP contribution in [-0.4, -0.2) is 10.1 Å². The van der Waals surface area contributed by atoms with E-state index in [0.29, 0.717) is 16.2 Å². The molecule has 0 aliphatic rings. The van der Waals surface area contributed by atoms with Gasteiger partial charge in [-0.3, -0.25) is 9.00 Å². The Balaban J connectivity index is 2.27. The topological polar surface area (TPSA) is 60.2 Å². The molecule has 0 radical (unpaired) electrons. The lowest BCUT2D eigenvalue weighted by molar-refractivity contribution is 0.0997. The normalized spacial score (nSPS) is 12.0. The maximum absolute atomic E-state index is 12.2. The van der Waals surface area contributed by atoms with E-state index in [1.54, 1.807) is 24.3 Å². The highest BCUT2D eigenvalue weighted by Gasteiger charge is 2.13. The Morgan fingerprint density at radius 2 is 1.61 bits per heavy atom. The van der Waals surface area contributed by atoms with Crippen LogP contribution in [0.4, 0.5) is 0 Å². The number of hydrogen-bond donors (Lipinski definition) is 1. The Bertz CT molecular complexity index is 581. The smallest absolute Gasteiger partial charge is 0.249 e. The summed E-state index contributed by atoms with van der Waals surface area (Å²) in [6.07, 6.45) is 0. The fourth-order valence-electron chi connectivity index (χ4n) is 1.67. The molecule has 0 saturated carbocycles. The minimum atomic E-state index is -1.27. The third kappa shape index (κ3) is 2.84. The summed E-state index contributed by atoms with van der Waals surface area (Å²) in [5.41, 5.74) is 6.57. The van der Waals surface area contributed by atoms with Gasteiger partial charge in [0.25, 0.3) is 0 Å². The summed E-state index contributed by atoms with van der Waals surface area (Å²) in [5, 5.41) is 0. The number of rotatable bonds is 4. The first-order valence-electron chi connectivity index (χ1n) is 5.49. The second-order valence-electron chi connectivity index (χ2n) is 3.84.